The summed E-state index contributed by atoms with van der Waals surface area (Å²) in [6, 6.07) is 0. The van der Waals surface area contributed by atoms with Gasteiger partial charge in [-0.15, -0.1) is 0 Å². The van der Waals surface area contributed by atoms with Gasteiger partial charge in [0.05, 0.1) is 4.92 Å². The van der Waals surface area contributed by atoms with Gasteiger partial charge in [0.15, 0.2) is 0 Å². The lowest BCUT2D eigenvalue weighted by Gasteiger charge is -2.19. The second-order valence-electron chi connectivity index (χ2n) is 5.83. The van der Waals surface area contributed by atoms with Gasteiger partial charge in [0, 0.05) is 19.6 Å². The van der Waals surface area contributed by atoms with Crippen LogP contribution in [0, 0.1) is 22.0 Å². The number of nitro groups is 1. The minimum Gasteiger partial charge on any atom is -0.354 e. The first-order chi connectivity index (χ1) is 10.0. The highest BCUT2D eigenvalue weighted by Gasteiger charge is 2.30. The molecule has 1 aliphatic heterocycles. The maximum Gasteiger partial charge on any atom is 0.329 e. The Morgan fingerprint density at radius 2 is 2.33 bits per heavy atom. The van der Waals surface area contributed by atoms with E-state index in [-0.39, 0.29) is 5.69 Å². The zero-order chi connectivity index (χ0) is 15.4. The van der Waals surface area contributed by atoms with Crippen molar-refractivity contribution in [3.8, 4) is 0 Å². The topological polar surface area (TPSA) is 84.2 Å². The molecule has 1 unspecified atom stereocenters. The summed E-state index contributed by atoms with van der Waals surface area (Å²) in [6.45, 7) is 8.82. The van der Waals surface area contributed by atoms with Gasteiger partial charge in [-0.1, -0.05) is 20.8 Å². The third kappa shape index (κ3) is 3.59. The molecule has 116 valence electrons. The van der Waals surface area contributed by atoms with Crippen molar-refractivity contribution in [2.75, 3.05) is 29.9 Å². The van der Waals surface area contributed by atoms with Crippen LogP contribution in [0.15, 0.2) is 6.20 Å². The van der Waals surface area contributed by atoms with E-state index in [1.54, 1.807) is 0 Å². The van der Waals surface area contributed by atoms with Crippen LogP contribution >= 0.6 is 0 Å². The molecule has 1 N–H and O–H groups in total. The van der Waals surface area contributed by atoms with Crippen molar-refractivity contribution >= 4 is 17.5 Å². The number of hydrogen-bond donors (Lipinski definition) is 1. The summed E-state index contributed by atoms with van der Waals surface area (Å²) >= 11 is 0. The minimum atomic E-state index is -0.401. The summed E-state index contributed by atoms with van der Waals surface area (Å²) in [6.07, 6.45) is 3.31. The molecule has 0 radical (unpaired) electrons. The Kier molecular flexibility index (Phi) is 4.93. The van der Waals surface area contributed by atoms with E-state index in [0.717, 1.165) is 32.5 Å². The monoisotopic (exact) mass is 293 g/mol. The molecular weight excluding hydrogens is 270 g/mol. The first kappa shape index (κ1) is 15.5. The van der Waals surface area contributed by atoms with Crippen LogP contribution in [-0.4, -0.2) is 34.5 Å². The maximum absolute atomic E-state index is 11.2. The Morgan fingerprint density at radius 1 is 1.57 bits per heavy atom. The molecular formula is C14H23N5O2. The predicted octanol–water partition coefficient (Wildman–Crippen LogP) is 2.69. The quantitative estimate of drug-likeness (QED) is 0.641. The van der Waals surface area contributed by atoms with Gasteiger partial charge in [-0.2, -0.15) is 4.98 Å². The van der Waals surface area contributed by atoms with Gasteiger partial charge < -0.3 is 10.2 Å². The van der Waals surface area contributed by atoms with E-state index in [0.29, 0.717) is 23.6 Å². The molecule has 1 aromatic heterocycles. The molecule has 7 nitrogen and oxygen atoms in total. The second kappa shape index (κ2) is 6.69. The Morgan fingerprint density at radius 3 is 2.90 bits per heavy atom. The highest BCUT2D eigenvalue weighted by atomic mass is 16.6. The molecule has 2 heterocycles. The molecule has 0 aromatic carbocycles. The Balaban J connectivity index is 2.24. The van der Waals surface area contributed by atoms with Crippen LogP contribution in [0.4, 0.5) is 17.5 Å². The van der Waals surface area contributed by atoms with E-state index in [2.05, 4.69) is 29.1 Å². The summed E-state index contributed by atoms with van der Waals surface area (Å²) in [5.41, 5.74) is -0.0125. The molecule has 1 aromatic rings. The van der Waals surface area contributed by atoms with Gasteiger partial charge in [0.25, 0.3) is 0 Å². The molecule has 7 heteroatoms. The molecule has 1 saturated heterocycles. The zero-order valence-corrected chi connectivity index (χ0v) is 12.9. The molecule has 2 rings (SSSR count). The molecule has 1 fully saturated rings. The summed E-state index contributed by atoms with van der Waals surface area (Å²) in [5.74, 6) is 2.04. The lowest BCUT2D eigenvalue weighted by Crippen LogP contribution is -2.24. The maximum atomic E-state index is 11.2. The van der Waals surface area contributed by atoms with Gasteiger partial charge >= 0.3 is 5.69 Å². The smallest absolute Gasteiger partial charge is 0.329 e. The SMILES string of the molecule is CCCNc1ncc([N+](=O)[O-])c(N2CCC(C(C)C)C2)n1. The number of nitrogens with one attached hydrogen (secondary N) is 1. The molecule has 0 spiro atoms. The van der Waals surface area contributed by atoms with Crippen LogP contribution in [0.3, 0.4) is 0 Å². The fraction of sp³-hybridized carbons (Fsp3) is 0.714. The van der Waals surface area contributed by atoms with Crippen molar-refractivity contribution in [2.45, 2.75) is 33.6 Å². The van der Waals surface area contributed by atoms with Crippen molar-refractivity contribution in [3.63, 3.8) is 0 Å². The fourth-order valence-electron chi connectivity index (χ4n) is 2.57. The third-order valence-electron chi connectivity index (χ3n) is 3.95. The molecule has 0 bridgehead atoms. The molecule has 1 aliphatic rings. The second-order valence-corrected chi connectivity index (χ2v) is 5.83. The number of anilines is 2. The van der Waals surface area contributed by atoms with Crippen molar-refractivity contribution in [3.05, 3.63) is 16.3 Å². The van der Waals surface area contributed by atoms with Crippen LogP contribution in [0.1, 0.15) is 33.6 Å². The Labute approximate surface area is 124 Å². The van der Waals surface area contributed by atoms with Crippen LogP contribution in [0.25, 0.3) is 0 Å². The van der Waals surface area contributed by atoms with E-state index in [9.17, 15) is 10.1 Å². The molecule has 0 saturated carbocycles. The number of rotatable bonds is 6. The normalized spacial score (nSPS) is 18.3. The van der Waals surface area contributed by atoms with E-state index in [1.165, 1.54) is 6.20 Å². The van der Waals surface area contributed by atoms with Gasteiger partial charge in [0.2, 0.25) is 11.8 Å². The average molecular weight is 293 g/mol. The van der Waals surface area contributed by atoms with E-state index in [1.807, 2.05) is 11.8 Å². The van der Waals surface area contributed by atoms with Crippen molar-refractivity contribution in [1.29, 1.82) is 0 Å². The summed E-state index contributed by atoms with van der Waals surface area (Å²) < 4.78 is 0. The predicted molar refractivity (Wildman–Crippen MR) is 82.6 cm³/mol. The third-order valence-corrected chi connectivity index (χ3v) is 3.95. The Bertz CT molecular complexity index is 506. The molecule has 1 atom stereocenters. The number of aromatic nitrogens is 2. The van der Waals surface area contributed by atoms with Crippen LogP contribution in [0.2, 0.25) is 0 Å². The average Bonchev–Trinajstić information content (AvgIpc) is 2.94. The zero-order valence-electron chi connectivity index (χ0n) is 12.9. The van der Waals surface area contributed by atoms with Gasteiger partial charge in [0.1, 0.15) is 6.20 Å². The number of hydrogen-bond acceptors (Lipinski definition) is 6. The highest BCUT2D eigenvalue weighted by molar-refractivity contribution is 5.59. The Hall–Kier alpha value is -1.92. The van der Waals surface area contributed by atoms with Gasteiger partial charge in [-0.25, -0.2) is 4.98 Å². The van der Waals surface area contributed by atoms with Crippen molar-refractivity contribution in [2.24, 2.45) is 11.8 Å². The van der Waals surface area contributed by atoms with Crippen LogP contribution < -0.4 is 10.2 Å². The summed E-state index contributed by atoms with van der Waals surface area (Å²) in [5, 5.41) is 14.3. The largest absolute Gasteiger partial charge is 0.354 e. The van der Waals surface area contributed by atoms with Crippen LogP contribution in [0.5, 0.6) is 0 Å². The lowest BCUT2D eigenvalue weighted by atomic mass is 9.95. The standard InChI is InChI=1S/C14H23N5O2/c1-4-6-15-14-16-8-12(19(20)21)13(17-14)18-7-5-11(9-18)10(2)3/h8,10-11H,4-7,9H2,1-3H3,(H,15,16,17). The molecule has 21 heavy (non-hydrogen) atoms. The van der Waals surface area contributed by atoms with E-state index >= 15 is 0 Å². The van der Waals surface area contributed by atoms with Crippen molar-refractivity contribution < 1.29 is 4.92 Å². The van der Waals surface area contributed by atoms with Crippen LogP contribution in [-0.2, 0) is 0 Å². The first-order valence-electron chi connectivity index (χ1n) is 7.53. The van der Waals surface area contributed by atoms with E-state index < -0.39 is 4.92 Å². The number of nitrogens with zero attached hydrogens (tertiary/aromatic N) is 4. The first-order valence-corrected chi connectivity index (χ1v) is 7.53. The fourth-order valence-corrected chi connectivity index (χ4v) is 2.57. The minimum absolute atomic E-state index is 0.0125. The van der Waals surface area contributed by atoms with Gasteiger partial charge in [-0.05, 0) is 24.7 Å². The highest BCUT2D eigenvalue weighted by Crippen LogP contribution is 2.32. The van der Waals surface area contributed by atoms with Crippen molar-refractivity contribution in [1.82, 2.24) is 9.97 Å². The van der Waals surface area contributed by atoms with E-state index in [4.69, 9.17) is 0 Å². The van der Waals surface area contributed by atoms with Gasteiger partial charge in [-0.3, -0.25) is 10.1 Å². The molecule has 0 amide bonds. The lowest BCUT2D eigenvalue weighted by molar-refractivity contribution is -0.384. The molecule has 0 aliphatic carbocycles. The summed E-state index contributed by atoms with van der Waals surface area (Å²) in [7, 11) is 0. The summed E-state index contributed by atoms with van der Waals surface area (Å²) in [4.78, 5) is 21.2.